The fourth-order valence-electron chi connectivity index (χ4n) is 2.78. The predicted octanol–water partition coefficient (Wildman–Crippen LogP) is 4.44. The van der Waals surface area contributed by atoms with E-state index in [-0.39, 0.29) is 16.3 Å². The standard InChI is InChI=1S/C20H13ClF5N3O4/c1-32-14-4-2-3-10(17(14)21)9-29(18(31)11-5-12(22)7-13(23)6-11)16(30)8-15-27-19(33-28-15)20(24,25)26/h2-7H,8-9H2,1H3. The van der Waals surface area contributed by atoms with Crippen LogP contribution >= 0.6 is 11.6 Å². The van der Waals surface area contributed by atoms with E-state index in [1.165, 1.54) is 25.3 Å². The number of imide groups is 1. The molecule has 33 heavy (non-hydrogen) atoms. The van der Waals surface area contributed by atoms with Crippen molar-refractivity contribution in [2.24, 2.45) is 0 Å². The summed E-state index contributed by atoms with van der Waals surface area (Å²) in [5.74, 6) is -6.44. The molecule has 0 unspecified atom stereocenters. The third kappa shape index (κ3) is 5.64. The zero-order valence-electron chi connectivity index (χ0n) is 16.6. The van der Waals surface area contributed by atoms with E-state index in [2.05, 4.69) is 14.7 Å². The number of carbonyl (C=O) groups excluding carboxylic acids is 2. The van der Waals surface area contributed by atoms with Crippen LogP contribution in [0.25, 0.3) is 0 Å². The van der Waals surface area contributed by atoms with Crippen molar-refractivity contribution >= 4 is 23.4 Å². The molecule has 13 heteroatoms. The lowest BCUT2D eigenvalue weighted by Crippen LogP contribution is -2.38. The summed E-state index contributed by atoms with van der Waals surface area (Å²) >= 11 is 6.21. The zero-order valence-corrected chi connectivity index (χ0v) is 17.4. The average molecular weight is 490 g/mol. The topological polar surface area (TPSA) is 85.5 Å². The monoisotopic (exact) mass is 489 g/mol. The number of alkyl halides is 3. The van der Waals surface area contributed by atoms with E-state index in [0.717, 1.165) is 0 Å². The second kappa shape index (κ2) is 9.53. The maximum Gasteiger partial charge on any atom is 0.471 e. The van der Waals surface area contributed by atoms with Gasteiger partial charge in [0.15, 0.2) is 5.82 Å². The summed E-state index contributed by atoms with van der Waals surface area (Å²) in [7, 11) is 1.34. The number of halogens is 6. The molecule has 0 spiro atoms. The van der Waals surface area contributed by atoms with Crippen molar-refractivity contribution in [3.8, 4) is 5.75 Å². The first kappa shape index (κ1) is 24.1. The second-order valence-electron chi connectivity index (χ2n) is 6.57. The summed E-state index contributed by atoms with van der Waals surface area (Å²) < 4.78 is 74.5. The van der Waals surface area contributed by atoms with Gasteiger partial charge in [0.1, 0.15) is 17.4 Å². The molecule has 0 aliphatic carbocycles. The van der Waals surface area contributed by atoms with E-state index in [1.54, 1.807) is 0 Å². The number of methoxy groups -OCH3 is 1. The lowest BCUT2D eigenvalue weighted by molar-refractivity contribution is -0.159. The molecule has 0 radical (unpaired) electrons. The largest absolute Gasteiger partial charge is 0.495 e. The van der Waals surface area contributed by atoms with Crippen molar-refractivity contribution in [3.05, 3.63) is 75.9 Å². The van der Waals surface area contributed by atoms with E-state index in [0.29, 0.717) is 23.1 Å². The van der Waals surface area contributed by atoms with Gasteiger partial charge >= 0.3 is 12.1 Å². The normalized spacial score (nSPS) is 11.4. The van der Waals surface area contributed by atoms with Crippen molar-refractivity contribution in [2.75, 3.05) is 7.11 Å². The van der Waals surface area contributed by atoms with Crippen molar-refractivity contribution in [1.82, 2.24) is 15.0 Å². The molecule has 0 atom stereocenters. The van der Waals surface area contributed by atoms with Crippen LogP contribution in [0, 0.1) is 11.6 Å². The number of rotatable bonds is 6. The molecule has 3 aromatic rings. The van der Waals surface area contributed by atoms with Gasteiger partial charge in [0, 0.05) is 11.6 Å². The summed E-state index contributed by atoms with van der Waals surface area (Å²) in [6.07, 6.45) is -5.80. The molecule has 0 aliphatic heterocycles. The highest BCUT2D eigenvalue weighted by Crippen LogP contribution is 2.30. The minimum atomic E-state index is -4.93. The Balaban J connectivity index is 1.96. The predicted molar refractivity (Wildman–Crippen MR) is 102 cm³/mol. The van der Waals surface area contributed by atoms with Gasteiger partial charge in [-0.05, 0) is 23.8 Å². The lowest BCUT2D eigenvalue weighted by atomic mass is 10.1. The summed E-state index contributed by atoms with van der Waals surface area (Å²) in [5.41, 5.74) is -0.289. The number of ether oxygens (including phenoxy) is 1. The van der Waals surface area contributed by atoms with Crippen LogP contribution in [0.3, 0.4) is 0 Å². The van der Waals surface area contributed by atoms with E-state index in [4.69, 9.17) is 16.3 Å². The minimum absolute atomic E-state index is 0.0509. The molecule has 1 heterocycles. The van der Waals surface area contributed by atoms with Crippen molar-refractivity contribution in [3.63, 3.8) is 0 Å². The van der Waals surface area contributed by atoms with Crippen LogP contribution in [0.5, 0.6) is 5.75 Å². The van der Waals surface area contributed by atoms with Gasteiger partial charge in [-0.15, -0.1) is 0 Å². The Kier molecular flexibility index (Phi) is 6.96. The zero-order chi connectivity index (χ0) is 24.3. The van der Waals surface area contributed by atoms with Crippen LogP contribution < -0.4 is 4.74 Å². The third-order valence-corrected chi connectivity index (χ3v) is 4.70. The smallest absolute Gasteiger partial charge is 0.471 e. The molecule has 0 bridgehead atoms. The van der Waals surface area contributed by atoms with Crippen LogP contribution in [0.1, 0.15) is 27.6 Å². The van der Waals surface area contributed by atoms with E-state index < -0.39 is 59.9 Å². The number of carbonyl (C=O) groups is 2. The molecule has 7 nitrogen and oxygen atoms in total. The van der Waals surface area contributed by atoms with Gasteiger partial charge in [-0.25, -0.2) is 8.78 Å². The molecule has 0 fully saturated rings. The molecule has 0 saturated heterocycles. The van der Waals surface area contributed by atoms with Crippen LogP contribution in [0.2, 0.25) is 5.02 Å². The quantitative estimate of drug-likeness (QED) is 0.476. The fourth-order valence-corrected chi connectivity index (χ4v) is 3.05. The molecule has 0 saturated carbocycles. The van der Waals surface area contributed by atoms with Gasteiger partial charge in [0.2, 0.25) is 5.91 Å². The second-order valence-corrected chi connectivity index (χ2v) is 6.94. The maximum absolute atomic E-state index is 13.6. The van der Waals surface area contributed by atoms with Gasteiger partial charge in [0.25, 0.3) is 5.91 Å². The third-order valence-electron chi connectivity index (χ3n) is 4.27. The van der Waals surface area contributed by atoms with Gasteiger partial charge < -0.3 is 9.26 Å². The molecule has 0 N–H and O–H groups in total. The Morgan fingerprint density at radius 3 is 2.39 bits per heavy atom. The van der Waals surface area contributed by atoms with Crippen molar-refractivity contribution in [2.45, 2.75) is 19.1 Å². The van der Waals surface area contributed by atoms with Crippen molar-refractivity contribution in [1.29, 1.82) is 0 Å². The first-order valence-corrected chi connectivity index (χ1v) is 9.39. The molecule has 0 aliphatic rings. The van der Waals surface area contributed by atoms with E-state index in [1.807, 2.05) is 0 Å². The minimum Gasteiger partial charge on any atom is -0.495 e. The highest BCUT2D eigenvalue weighted by molar-refractivity contribution is 6.32. The average Bonchev–Trinajstić information content (AvgIpc) is 3.20. The number of hydrogen-bond acceptors (Lipinski definition) is 6. The number of hydrogen-bond donors (Lipinski definition) is 0. The SMILES string of the molecule is COc1cccc(CN(C(=O)Cc2noc(C(F)(F)F)n2)C(=O)c2cc(F)cc(F)c2)c1Cl. The van der Waals surface area contributed by atoms with Crippen LogP contribution in [0.15, 0.2) is 40.9 Å². The lowest BCUT2D eigenvalue weighted by Gasteiger charge is -2.22. The van der Waals surface area contributed by atoms with Gasteiger partial charge in [-0.2, -0.15) is 18.2 Å². The molecule has 3 rings (SSSR count). The Morgan fingerprint density at radius 2 is 1.82 bits per heavy atom. The van der Waals surface area contributed by atoms with Gasteiger partial charge in [0.05, 0.1) is 25.1 Å². The van der Waals surface area contributed by atoms with E-state index in [9.17, 15) is 31.5 Å². The van der Waals surface area contributed by atoms with E-state index >= 15 is 0 Å². The molecule has 2 aromatic carbocycles. The summed E-state index contributed by atoms with van der Waals surface area (Å²) in [5, 5.41) is 3.14. The van der Waals surface area contributed by atoms with Gasteiger partial charge in [-0.3, -0.25) is 14.5 Å². The fraction of sp³-hybridized carbons (Fsp3) is 0.200. The number of aromatic nitrogens is 2. The Labute approximate surface area is 187 Å². The first-order valence-electron chi connectivity index (χ1n) is 9.01. The number of nitrogens with zero attached hydrogens (tertiary/aromatic N) is 3. The highest BCUT2D eigenvalue weighted by Gasteiger charge is 2.39. The first-order chi connectivity index (χ1) is 15.5. The molecule has 2 amide bonds. The summed E-state index contributed by atoms with van der Waals surface area (Å²) in [6.45, 7) is -0.490. The molecule has 174 valence electrons. The maximum atomic E-state index is 13.6. The number of amides is 2. The van der Waals surface area contributed by atoms with Crippen LogP contribution in [-0.4, -0.2) is 34.0 Å². The number of benzene rings is 2. The molecule has 1 aromatic heterocycles. The Morgan fingerprint density at radius 1 is 1.15 bits per heavy atom. The highest BCUT2D eigenvalue weighted by atomic mass is 35.5. The van der Waals surface area contributed by atoms with Crippen LogP contribution in [-0.2, 0) is 23.9 Å². The summed E-state index contributed by atoms with van der Waals surface area (Å²) in [6, 6.07) is 6.42. The van der Waals surface area contributed by atoms with Gasteiger partial charge in [-0.1, -0.05) is 28.9 Å². The van der Waals surface area contributed by atoms with Crippen LogP contribution in [0.4, 0.5) is 22.0 Å². The summed E-state index contributed by atoms with van der Waals surface area (Å²) in [4.78, 5) is 29.5. The Bertz CT molecular complexity index is 1180. The molecular weight excluding hydrogens is 477 g/mol. The molecular formula is C20H13ClF5N3O4. The Hall–Kier alpha value is -3.54. The van der Waals surface area contributed by atoms with Crippen molar-refractivity contribution < 1.29 is 40.8 Å².